The fraction of sp³-hybridized carbons (Fsp3) is 0.455. The number of piperidine rings is 1. The van der Waals surface area contributed by atoms with Crippen molar-refractivity contribution in [2.75, 3.05) is 25.0 Å². The van der Waals surface area contributed by atoms with Crippen molar-refractivity contribution in [3.05, 3.63) is 57.5 Å². The molecule has 0 bridgehead atoms. The Balaban J connectivity index is 1.52. The van der Waals surface area contributed by atoms with Gasteiger partial charge in [-0.25, -0.2) is 6.57 Å². The highest BCUT2D eigenvalue weighted by atomic mass is 79.9. The van der Waals surface area contributed by atoms with Crippen molar-refractivity contribution in [3.8, 4) is 0 Å². The average molecular weight is 485 g/mol. The van der Waals surface area contributed by atoms with Gasteiger partial charge in [0.15, 0.2) is 5.82 Å². The molecule has 162 valence electrons. The van der Waals surface area contributed by atoms with E-state index >= 15 is 0 Å². The lowest BCUT2D eigenvalue weighted by Gasteiger charge is -2.38. The molecule has 1 aliphatic heterocycles. The number of benzene rings is 1. The van der Waals surface area contributed by atoms with Crippen molar-refractivity contribution in [3.63, 3.8) is 0 Å². The maximum Gasteiger partial charge on any atom is 0.254 e. The van der Waals surface area contributed by atoms with Crippen molar-refractivity contribution >= 4 is 33.6 Å². The number of nitrogens with two attached hydrogens (primary N) is 1. The molecule has 0 atom stereocenters. The van der Waals surface area contributed by atoms with E-state index in [0.717, 1.165) is 49.8 Å². The largest absolute Gasteiger partial charge is 0.365 e. The third-order valence-electron chi connectivity index (χ3n) is 6.11. The molecule has 1 saturated carbocycles. The van der Waals surface area contributed by atoms with E-state index in [9.17, 15) is 9.59 Å². The maximum absolute atomic E-state index is 12.2. The monoisotopic (exact) mass is 484 g/mol. The standard InChI is InChI=1S/C22H25BrN6O2/c1-25-14-22(7-9-28(10-8-22)12-15-3-2-4-17(23)11-15)29-13-18(19(24)30)20(27-29)26-21(31)16-5-6-16/h2-4,11,13,16H,5-10,12,14H2,(H2,24,30)(H,26,27,31). The van der Waals surface area contributed by atoms with E-state index in [1.807, 2.05) is 12.1 Å². The molecule has 31 heavy (non-hydrogen) atoms. The van der Waals surface area contributed by atoms with Gasteiger partial charge in [-0.1, -0.05) is 28.1 Å². The summed E-state index contributed by atoms with van der Waals surface area (Å²) in [6.07, 6.45) is 4.75. The molecule has 1 aliphatic carbocycles. The van der Waals surface area contributed by atoms with Crippen LogP contribution >= 0.6 is 15.9 Å². The van der Waals surface area contributed by atoms with Gasteiger partial charge in [0.1, 0.15) is 11.1 Å². The van der Waals surface area contributed by atoms with Crippen LogP contribution in [-0.4, -0.2) is 46.1 Å². The molecule has 2 fully saturated rings. The summed E-state index contributed by atoms with van der Waals surface area (Å²) in [6, 6.07) is 8.25. The highest BCUT2D eigenvalue weighted by Gasteiger charge is 2.41. The minimum atomic E-state index is -0.637. The van der Waals surface area contributed by atoms with Crippen molar-refractivity contribution in [2.24, 2.45) is 11.7 Å². The lowest BCUT2D eigenvalue weighted by molar-refractivity contribution is -0.117. The normalized spacial score (nSPS) is 18.3. The fourth-order valence-corrected chi connectivity index (χ4v) is 4.53. The van der Waals surface area contributed by atoms with Crippen molar-refractivity contribution in [1.29, 1.82) is 0 Å². The third-order valence-corrected chi connectivity index (χ3v) is 6.60. The number of halogens is 1. The van der Waals surface area contributed by atoms with Gasteiger partial charge in [0, 0.05) is 36.2 Å². The molecule has 9 heteroatoms. The molecule has 1 aromatic heterocycles. The van der Waals surface area contributed by atoms with Crippen LogP contribution in [0.2, 0.25) is 0 Å². The lowest BCUT2D eigenvalue weighted by Crippen LogP contribution is -2.48. The highest BCUT2D eigenvalue weighted by molar-refractivity contribution is 9.10. The van der Waals surface area contributed by atoms with Gasteiger partial charge in [-0.05, 0) is 43.4 Å². The van der Waals surface area contributed by atoms with E-state index < -0.39 is 11.4 Å². The topological polar surface area (TPSA) is 97.6 Å². The molecular formula is C22H25BrN6O2. The minimum Gasteiger partial charge on any atom is -0.365 e. The Labute approximate surface area is 189 Å². The van der Waals surface area contributed by atoms with E-state index in [1.54, 1.807) is 10.9 Å². The Morgan fingerprint density at radius 3 is 2.68 bits per heavy atom. The van der Waals surface area contributed by atoms with Crippen molar-refractivity contribution in [1.82, 2.24) is 14.7 Å². The van der Waals surface area contributed by atoms with Crippen LogP contribution in [0.5, 0.6) is 0 Å². The Kier molecular flexibility index (Phi) is 6.12. The number of amides is 2. The van der Waals surface area contributed by atoms with E-state index in [-0.39, 0.29) is 29.8 Å². The van der Waals surface area contributed by atoms with Crippen LogP contribution in [0.4, 0.5) is 5.82 Å². The highest BCUT2D eigenvalue weighted by Crippen LogP contribution is 2.34. The summed E-state index contributed by atoms with van der Waals surface area (Å²) < 4.78 is 2.75. The Morgan fingerprint density at radius 2 is 2.06 bits per heavy atom. The summed E-state index contributed by atoms with van der Waals surface area (Å²) in [5.41, 5.74) is 6.44. The first-order valence-corrected chi connectivity index (χ1v) is 11.2. The van der Waals surface area contributed by atoms with E-state index in [2.05, 4.69) is 48.2 Å². The average Bonchev–Trinajstić information content (AvgIpc) is 3.50. The second kappa shape index (κ2) is 8.81. The van der Waals surface area contributed by atoms with Gasteiger partial charge in [0.2, 0.25) is 12.5 Å². The summed E-state index contributed by atoms with van der Waals surface area (Å²) >= 11 is 3.52. The van der Waals surface area contributed by atoms with E-state index in [1.165, 1.54) is 5.56 Å². The Morgan fingerprint density at radius 1 is 1.32 bits per heavy atom. The SMILES string of the molecule is [C-]#[N+]CC1(n2cc(C(N)=O)c(NC(=O)C3CC3)n2)CCN(Cc2cccc(Br)c2)CC1. The van der Waals surface area contributed by atoms with Gasteiger partial charge in [-0.2, -0.15) is 5.10 Å². The van der Waals surface area contributed by atoms with Crippen LogP contribution in [0.15, 0.2) is 34.9 Å². The Bertz CT molecular complexity index is 1030. The summed E-state index contributed by atoms with van der Waals surface area (Å²) in [7, 11) is 0. The molecule has 1 aromatic carbocycles. The van der Waals surface area contributed by atoms with Crippen LogP contribution in [0.1, 0.15) is 41.6 Å². The quantitative estimate of drug-likeness (QED) is 0.590. The maximum atomic E-state index is 12.2. The predicted molar refractivity (Wildman–Crippen MR) is 120 cm³/mol. The molecule has 0 radical (unpaired) electrons. The van der Waals surface area contributed by atoms with Gasteiger partial charge >= 0.3 is 0 Å². The molecule has 2 heterocycles. The van der Waals surface area contributed by atoms with Crippen LogP contribution in [0, 0.1) is 12.5 Å². The number of hydrogen-bond acceptors (Lipinski definition) is 4. The second-order valence-corrected chi connectivity index (χ2v) is 9.33. The van der Waals surface area contributed by atoms with Gasteiger partial charge in [0.25, 0.3) is 5.91 Å². The number of nitrogens with zero attached hydrogens (tertiary/aromatic N) is 4. The van der Waals surface area contributed by atoms with Gasteiger partial charge in [-0.15, -0.1) is 0 Å². The summed E-state index contributed by atoms with van der Waals surface area (Å²) in [4.78, 5) is 30.2. The summed E-state index contributed by atoms with van der Waals surface area (Å²) in [6.45, 7) is 10.2. The summed E-state index contributed by atoms with van der Waals surface area (Å²) in [5.74, 6) is -0.576. The van der Waals surface area contributed by atoms with Gasteiger partial charge in [0.05, 0.1) is 0 Å². The molecular weight excluding hydrogens is 460 g/mol. The first kappa shape index (κ1) is 21.5. The first-order valence-electron chi connectivity index (χ1n) is 10.4. The molecule has 2 aromatic rings. The molecule has 8 nitrogen and oxygen atoms in total. The molecule has 4 rings (SSSR count). The summed E-state index contributed by atoms with van der Waals surface area (Å²) in [5, 5.41) is 7.29. The molecule has 2 amide bonds. The number of rotatable bonds is 7. The Hall–Kier alpha value is -2.70. The molecule has 1 saturated heterocycles. The fourth-order valence-electron chi connectivity index (χ4n) is 4.08. The molecule has 2 aliphatic rings. The van der Waals surface area contributed by atoms with E-state index in [0.29, 0.717) is 0 Å². The zero-order valence-corrected chi connectivity index (χ0v) is 18.8. The number of likely N-dealkylation sites (tertiary alicyclic amines) is 1. The first-order chi connectivity index (χ1) is 14.9. The lowest BCUT2D eigenvalue weighted by atomic mass is 9.87. The number of hydrogen-bond donors (Lipinski definition) is 2. The van der Waals surface area contributed by atoms with E-state index in [4.69, 9.17) is 12.3 Å². The van der Waals surface area contributed by atoms with Crippen LogP contribution in [-0.2, 0) is 16.9 Å². The zero-order valence-electron chi connectivity index (χ0n) is 17.2. The van der Waals surface area contributed by atoms with Gasteiger partial charge < -0.3 is 15.9 Å². The molecule has 3 N–H and O–H groups in total. The number of carbonyl (C=O) groups excluding carboxylic acids is 2. The smallest absolute Gasteiger partial charge is 0.254 e. The van der Waals surface area contributed by atoms with Crippen LogP contribution in [0.25, 0.3) is 4.85 Å². The zero-order chi connectivity index (χ0) is 22.0. The second-order valence-electron chi connectivity index (χ2n) is 8.41. The number of nitrogens with one attached hydrogen (secondary N) is 1. The van der Waals surface area contributed by atoms with Crippen LogP contribution < -0.4 is 11.1 Å². The number of aromatic nitrogens is 2. The van der Waals surface area contributed by atoms with Gasteiger partial charge in [-0.3, -0.25) is 19.2 Å². The molecule has 0 spiro atoms. The number of primary amides is 1. The van der Waals surface area contributed by atoms with Crippen molar-refractivity contribution < 1.29 is 9.59 Å². The third kappa shape index (κ3) is 4.81. The minimum absolute atomic E-state index is 0.00987. The predicted octanol–water partition coefficient (Wildman–Crippen LogP) is 3.00. The van der Waals surface area contributed by atoms with Crippen molar-refractivity contribution in [2.45, 2.75) is 37.8 Å². The molecule has 0 unspecified atom stereocenters. The van der Waals surface area contributed by atoms with Crippen LogP contribution in [0.3, 0.4) is 0 Å². The number of carbonyl (C=O) groups is 2. The number of anilines is 1.